The lowest BCUT2D eigenvalue weighted by molar-refractivity contribution is -0.274. The highest BCUT2D eigenvalue weighted by molar-refractivity contribution is 5.97. The van der Waals surface area contributed by atoms with Crippen molar-refractivity contribution in [3.63, 3.8) is 0 Å². The molecule has 3 aromatic carbocycles. The molecule has 0 aliphatic carbocycles. The van der Waals surface area contributed by atoms with Crippen molar-refractivity contribution in [3.05, 3.63) is 120 Å². The van der Waals surface area contributed by atoms with Gasteiger partial charge in [-0.05, 0) is 78.7 Å². The molecular weight excluding hydrogens is 739 g/mol. The van der Waals surface area contributed by atoms with E-state index in [9.17, 15) is 32.3 Å². The molecule has 0 aliphatic rings. The van der Waals surface area contributed by atoms with Gasteiger partial charge in [-0.2, -0.15) is 0 Å². The minimum atomic E-state index is -4.88. The highest BCUT2D eigenvalue weighted by Crippen LogP contribution is 2.28. The molecule has 15 heteroatoms. The number of ether oxygens (including phenoxy) is 7. The molecule has 4 rings (SSSR count). The van der Waals surface area contributed by atoms with Crippen molar-refractivity contribution in [2.45, 2.75) is 58.4 Å². The largest absolute Gasteiger partial charge is 0.573 e. The molecule has 0 amide bonds. The predicted octanol–water partition coefficient (Wildman–Crippen LogP) is 8.62. The maximum Gasteiger partial charge on any atom is 0.573 e. The summed E-state index contributed by atoms with van der Waals surface area (Å²) in [5.41, 5.74) is 0.0842. The van der Waals surface area contributed by atoms with Crippen LogP contribution in [0.2, 0.25) is 0 Å². The van der Waals surface area contributed by atoms with Crippen molar-refractivity contribution in [1.29, 1.82) is 0 Å². The van der Waals surface area contributed by atoms with Crippen molar-refractivity contribution in [2.75, 3.05) is 19.8 Å². The third-order valence-corrected chi connectivity index (χ3v) is 7.63. The molecule has 0 N–H and O–H groups in total. The normalized spacial score (nSPS) is 10.9. The van der Waals surface area contributed by atoms with E-state index in [4.69, 9.17) is 28.4 Å². The standard InChI is InChI=1S/C41H40F3NO11/c1-3-5-6-7-8-22-51-33-18-20-35(45-26-33)40(49)55-36-21-19-32(25-34(36)39(48)53-27-28-10-14-31(15-11-28)56-41(42,43)44)54-38(47)29-12-16-30(17-13-29)50-23-9-24-52-37(46)4-2/h4,10-21,25-26H,2-3,5-9,22-24,27H2,1H3. The van der Waals surface area contributed by atoms with Gasteiger partial charge in [-0.25, -0.2) is 24.2 Å². The smallest absolute Gasteiger partial charge is 0.493 e. The van der Waals surface area contributed by atoms with E-state index in [1.807, 2.05) is 0 Å². The van der Waals surface area contributed by atoms with Gasteiger partial charge in [0.2, 0.25) is 0 Å². The minimum Gasteiger partial charge on any atom is -0.493 e. The molecule has 296 valence electrons. The summed E-state index contributed by atoms with van der Waals surface area (Å²) in [6.07, 6.45) is 3.35. The molecule has 0 fully saturated rings. The Hall–Kier alpha value is -6.38. The summed E-state index contributed by atoms with van der Waals surface area (Å²) >= 11 is 0. The number of pyridine rings is 1. The molecule has 56 heavy (non-hydrogen) atoms. The van der Waals surface area contributed by atoms with E-state index < -0.39 is 36.0 Å². The minimum absolute atomic E-state index is 0.0835. The van der Waals surface area contributed by atoms with E-state index in [2.05, 4.69) is 23.2 Å². The molecule has 1 aromatic heterocycles. The Morgan fingerprint density at radius 2 is 1.34 bits per heavy atom. The van der Waals surface area contributed by atoms with Gasteiger partial charge in [0.25, 0.3) is 0 Å². The first-order valence-electron chi connectivity index (χ1n) is 17.6. The van der Waals surface area contributed by atoms with E-state index >= 15 is 0 Å². The van der Waals surface area contributed by atoms with Crippen LogP contribution < -0.4 is 23.7 Å². The Morgan fingerprint density at radius 3 is 2.02 bits per heavy atom. The van der Waals surface area contributed by atoms with Gasteiger partial charge in [-0.3, -0.25) is 0 Å². The van der Waals surface area contributed by atoms with Crippen LogP contribution in [0.5, 0.6) is 28.7 Å². The lowest BCUT2D eigenvalue weighted by atomic mass is 10.1. The highest BCUT2D eigenvalue weighted by atomic mass is 19.4. The van der Waals surface area contributed by atoms with Crippen LogP contribution in [-0.4, -0.2) is 55.0 Å². The Labute approximate surface area is 321 Å². The number of halogens is 3. The molecular formula is C41H40F3NO11. The number of hydrogen-bond donors (Lipinski definition) is 0. The molecule has 0 bridgehead atoms. The van der Waals surface area contributed by atoms with Crippen molar-refractivity contribution < 1.29 is 65.5 Å². The Morgan fingerprint density at radius 1 is 0.679 bits per heavy atom. The third-order valence-electron chi connectivity index (χ3n) is 7.63. The molecule has 0 spiro atoms. The fraction of sp³-hybridized carbons (Fsp3) is 0.293. The molecule has 0 radical (unpaired) electrons. The SMILES string of the molecule is C=CC(=O)OCCCOc1ccc(C(=O)Oc2ccc(OC(=O)c3ccc(OCCCCCCC)cn3)c(C(=O)OCc3ccc(OC(F)(F)F)cc3)c2)cc1. The van der Waals surface area contributed by atoms with Crippen LogP contribution in [0.3, 0.4) is 0 Å². The maximum absolute atomic E-state index is 13.4. The summed E-state index contributed by atoms with van der Waals surface area (Å²) < 4.78 is 74.1. The first-order valence-corrected chi connectivity index (χ1v) is 17.6. The predicted molar refractivity (Wildman–Crippen MR) is 195 cm³/mol. The number of unbranched alkanes of at least 4 members (excludes halogenated alkanes) is 4. The summed E-state index contributed by atoms with van der Waals surface area (Å²) in [6, 6.07) is 17.3. The molecule has 0 saturated carbocycles. The summed E-state index contributed by atoms with van der Waals surface area (Å²) in [6.45, 7) is 5.98. The first-order chi connectivity index (χ1) is 26.9. The Bertz CT molecular complexity index is 1910. The van der Waals surface area contributed by atoms with E-state index in [0.717, 1.165) is 56.4 Å². The number of carbonyl (C=O) groups is 4. The molecule has 12 nitrogen and oxygen atoms in total. The van der Waals surface area contributed by atoms with Crippen LogP contribution in [0.15, 0.2) is 97.7 Å². The second-order valence-corrected chi connectivity index (χ2v) is 11.9. The van der Waals surface area contributed by atoms with Crippen LogP contribution >= 0.6 is 0 Å². The summed E-state index contributed by atoms with van der Waals surface area (Å²) in [4.78, 5) is 54.7. The molecule has 0 saturated heterocycles. The zero-order valence-corrected chi connectivity index (χ0v) is 30.5. The second kappa shape index (κ2) is 21.5. The highest BCUT2D eigenvalue weighted by Gasteiger charge is 2.31. The second-order valence-electron chi connectivity index (χ2n) is 11.9. The number of esters is 4. The van der Waals surface area contributed by atoms with Crippen LogP contribution in [0.1, 0.15) is 82.2 Å². The summed E-state index contributed by atoms with van der Waals surface area (Å²) in [5, 5.41) is 0. The van der Waals surface area contributed by atoms with E-state index in [1.54, 1.807) is 18.2 Å². The molecule has 0 unspecified atom stereocenters. The first kappa shape index (κ1) is 42.4. The van der Waals surface area contributed by atoms with E-state index in [1.165, 1.54) is 48.7 Å². The monoisotopic (exact) mass is 779 g/mol. The number of alkyl halides is 3. The fourth-order valence-corrected chi connectivity index (χ4v) is 4.80. The van der Waals surface area contributed by atoms with E-state index in [-0.39, 0.29) is 48.1 Å². The van der Waals surface area contributed by atoms with Crippen LogP contribution in [0.25, 0.3) is 0 Å². The lowest BCUT2D eigenvalue weighted by Crippen LogP contribution is -2.17. The number of rotatable bonds is 21. The van der Waals surface area contributed by atoms with Crippen LogP contribution in [-0.2, 0) is 20.9 Å². The summed E-state index contributed by atoms with van der Waals surface area (Å²) in [5.74, 6) is -3.12. The number of nitrogens with zero attached hydrogens (tertiary/aromatic N) is 1. The molecule has 0 aliphatic heterocycles. The van der Waals surface area contributed by atoms with Gasteiger partial charge in [-0.1, -0.05) is 51.3 Å². The molecule has 0 atom stereocenters. The van der Waals surface area contributed by atoms with Crippen molar-refractivity contribution in [2.24, 2.45) is 0 Å². The zero-order valence-electron chi connectivity index (χ0n) is 30.5. The number of aromatic nitrogens is 1. The average Bonchev–Trinajstić information content (AvgIpc) is 3.19. The Kier molecular flexibility index (Phi) is 16.3. The van der Waals surface area contributed by atoms with Crippen LogP contribution in [0.4, 0.5) is 13.2 Å². The van der Waals surface area contributed by atoms with Crippen molar-refractivity contribution in [1.82, 2.24) is 4.98 Å². The molecule has 4 aromatic rings. The number of benzene rings is 3. The Balaban J connectivity index is 1.43. The van der Waals surface area contributed by atoms with Crippen LogP contribution in [0, 0.1) is 0 Å². The van der Waals surface area contributed by atoms with Gasteiger partial charge in [-0.15, -0.1) is 13.2 Å². The van der Waals surface area contributed by atoms with Gasteiger partial charge in [0.05, 0.1) is 31.6 Å². The zero-order chi connectivity index (χ0) is 40.3. The fourth-order valence-electron chi connectivity index (χ4n) is 4.80. The summed E-state index contributed by atoms with van der Waals surface area (Å²) in [7, 11) is 0. The quantitative estimate of drug-likeness (QED) is 0.0345. The topological polar surface area (TPSA) is 146 Å². The van der Waals surface area contributed by atoms with Gasteiger partial charge < -0.3 is 33.2 Å². The van der Waals surface area contributed by atoms with Crippen molar-refractivity contribution >= 4 is 23.9 Å². The lowest BCUT2D eigenvalue weighted by Gasteiger charge is -2.13. The third kappa shape index (κ3) is 14.5. The van der Waals surface area contributed by atoms with Gasteiger partial charge in [0, 0.05) is 12.5 Å². The average molecular weight is 780 g/mol. The van der Waals surface area contributed by atoms with Crippen molar-refractivity contribution in [3.8, 4) is 28.7 Å². The number of hydrogen-bond acceptors (Lipinski definition) is 12. The molecule has 1 heterocycles. The van der Waals surface area contributed by atoms with Gasteiger partial charge >= 0.3 is 30.2 Å². The van der Waals surface area contributed by atoms with Gasteiger partial charge in [0.15, 0.2) is 0 Å². The van der Waals surface area contributed by atoms with E-state index in [0.29, 0.717) is 30.1 Å². The van der Waals surface area contributed by atoms with Gasteiger partial charge in [0.1, 0.15) is 46.6 Å². The number of carbonyl (C=O) groups excluding carboxylic acids is 4. The maximum atomic E-state index is 13.4.